The zero-order valence-electron chi connectivity index (χ0n) is 19.9. The van der Waals surface area contributed by atoms with E-state index < -0.39 is 12.0 Å². The first-order valence-electron chi connectivity index (χ1n) is 13.1. The minimum absolute atomic E-state index is 0.0185. The Morgan fingerprint density at radius 1 is 1.12 bits per heavy atom. The van der Waals surface area contributed by atoms with Crippen LogP contribution < -0.4 is 0 Å². The lowest BCUT2D eigenvalue weighted by Crippen LogP contribution is -2.53. The number of fused-ring (bicyclic) bond motifs is 6. The molecule has 4 saturated carbocycles. The van der Waals surface area contributed by atoms with Crippen LogP contribution in [-0.2, 0) is 11.3 Å². The molecule has 7 heteroatoms. The summed E-state index contributed by atoms with van der Waals surface area (Å²) >= 11 is 0. The summed E-state index contributed by atoms with van der Waals surface area (Å²) in [5, 5.41) is 15.9. The molecule has 0 bridgehead atoms. The summed E-state index contributed by atoms with van der Waals surface area (Å²) in [6, 6.07) is 1.92. The highest BCUT2D eigenvalue weighted by atomic mass is 19.3. The normalized spacial score (nSPS) is 41.8. The third-order valence-corrected chi connectivity index (χ3v) is 10.6. The van der Waals surface area contributed by atoms with Gasteiger partial charge in [-0.2, -0.15) is 5.10 Å². The molecule has 0 unspecified atom stereocenters. The van der Waals surface area contributed by atoms with E-state index in [0.29, 0.717) is 30.2 Å². The van der Waals surface area contributed by atoms with E-state index >= 15 is 0 Å². The molecule has 184 valence electrons. The van der Waals surface area contributed by atoms with Crippen LogP contribution in [0.5, 0.6) is 0 Å². The number of hydrogen-bond donors (Lipinski definition) is 1. The summed E-state index contributed by atoms with van der Waals surface area (Å²) in [6.45, 7) is 2.64. The van der Waals surface area contributed by atoms with Gasteiger partial charge < -0.3 is 5.11 Å². The Morgan fingerprint density at radius 2 is 1.94 bits per heavy atom. The molecule has 0 spiro atoms. The van der Waals surface area contributed by atoms with E-state index in [0.717, 1.165) is 55.8 Å². The fraction of sp³-hybridized carbons (Fsp3) is 0.741. The third kappa shape index (κ3) is 3.36. The first-order chi connectivity index (χ1) is 16.3. The van der Waals surface area contributed by atoms with Gasteiger partial charge in [0.2, 0.25) is 0 Å². The Morgan fingerprint density at radius 3 is 2.76 bits per heavy atom. The number of nitrogens with zero attached hydrogens (tertiary/aromatic N) is 3. The average Bonchev–Trinajstić information content (AvgIpc) is 3.39. The van der Waals surface area contributed by atoms with Crippen LogP contribution in [0.4, 0.5) is 8.78 Å². The zero-order valence-corrected chi connectivity index (χ0v) is 19.9. The minimum atomic E-state index is -2.65. The van der Waals surface area contributed by atoms with Gasteiger partial charge in [0.25, 0.3) is 6.43 Å². The molecular weight excluding hydrogens is 436 g/mol. The molecule has 0 radical (unpaired) electrons. The number of carbonyl (C=O) groups excluding carboxylic acids is 1. The van der Waals surface area contributed by atoms with Crippen molar-refractivity contribution >= 4 is 16.7 Å². The van der Waals surface area contributed by atoms with E-state index in [-0.39, 0.29) is 35.9 Å². The lowest BCUT2D eigenvalue weighted by atomic mass is 9.49. The molecule has 8 atom stereocenters. The van der Waals surface area contributed by atoms with Gasteiger partial charge in [-0.25, -0.2) is 8.78 Å². The lowest BCUT2D eigenvalue weighted by molar-refractivity contribution is -0.160. The van der Waals surface area contributed by atoms with Crippen molar-refractivity contribution in [2.75, 3.05) is 0 Å². The third-order valence-electron chi connectivity index (χ3n) is 10.6. The SMILES string of the molecule is C[C@]12CC[C@H]3[C@@H](CC[C@@H]4C[C@@](O)(C(F)F)CC[C@@H]43)[C@@H]1CC[C@H]2C(=O)Cn1ncc2ccncc21. The maximum atomic E-state index is 13.6. The average molecular weight is 472 g/mol. The molecular formula is C27H35F2N3O2. The second-order valence-electron chi connectivity index (χ2n) is 12.0. The van der Waals surface area contributed by atoms with E-state index in [1.165, 1.54) is 0 Å². The second-order valence-corrected chi connectivity index (χ2v) is 12.0. The molecule has 4 aliphatic rings. The predicted octanol–water partition coefficient (Wildman–Crippen LogP) is 5.27. The topological polar surface area (TPSA) is 68.0 Å². The van der Waals surface area contributed by atoms with Crippen molar-refractivity contribution in [2.45, 2.75) is 83.3 Å². The Bertz CT molecular complexity index is 1090. The molecule has 2 heterocycles. The molecule has 0 aliphatic heterocycles. The number of aromatic nitrogens is 3. The van der Waals surface area contributed by atoms with Crippen molar-refractivity contribution < 1.29 is 18.7 Å². The second kappa shape index (κ2) is 8.07. The highest BCUT2D eigenvalue weighted by Crippen LogP contribution is 2.65. The van der Waals surface area contributed by atoms with Gasteiger partial charge in [0.1, 0.15) is 12.1 Å². The lowest BCUT2D eigenvalue weighted by Gasteiger charge is -2.57. The molecule has 0 aromatic carbocycles. The van der Waals surface area contributed by atoms with Crippen molar-refractivity contribution in [1.29, 1.82) is 0 Å². The van der Waals surface area contributed by atoms with Crippen molar-refractivity contribution in [3.05, 3.63) is 24.7 Å². The van der Waals surface area contributed by atoms with Crippen molar-refractivity contribution in [1.82, 2.24) is 14.8 Å². The van der Waals surface area contributed by atoms with Gasteiger partial charge in [-0.15, -0.1) is 0 Å². The summed E-state index contributed by atoms with van der Waals surface area (Å²) < 4.78 is 28.7. The number of aliphatic hydroxyl groups is 1. The van der Waals surface area contributed by atoms with E-state index in [1.807, 2.05) is 6.07 Å². The van der Waals surface area contributed by atoms with Crippen LogP contribution in [-0.4, -0.2) is 37.7 Å². The first-order valence-corrected chi connectivity index (χ1v) is 13.1. The summed E-state index contributed by atoms with van der Waals surface area (Å²) in [4.78, 5) is 17.8. The number of pyridine rings is 1. The van der Waals surface area contributed by atoms with E-state index in [4.69, 9.17) is 0 Å². The zero-order chi connectivity index (χ0) is 23.7. The van der Waals surface area contributed by atoms with Gasteiger partial charge in [0, 0.05) is 17.5 Å². The molecule has 2 aromatic rings. The van der Waals surface area contributed by atoms with Crippen LogP contribution in [0, 0.1) is 40.9 Å². The quantitative estimate of drug-likeness (QED) is 0.660. The van der Waals surface area contributed by atoms with Crippen LogP contribution in [0.2, 0.25) is 0 Å². The molecule has 2 aromatic heterocycles. The number of Topliss-reactive ketones (excluding diaryl/α,β-unsaturated/α-hetero) is 1. The van der Waals surface area contributed by atoms with Crippen LogP contribution >= 0.6 is 0 Å². The minimum Gasteiger partial charge on any atom is -0.384 e. The highest BCUT2D eigenvalue weighted by Gasteiger charge is 2.59. The molecule has 4 aliphatic carbocycles. The number of rotatable bonds is 4. The van der Waals surface area contributed by atoms with E-state index in [9.17, 15) is 18.7 Å². The standard InChI is InChI=1S/C27H35F2N3O2/c1-26-9-6-19-18-7-10-27(34,25(28)29)12-16(18)2-3-20(19)21(26)4-5-22(26)24(33)15-32-23-14-30-11-8-17(23)13-31-32/h8,11,13-14,16,18-22,25,34H,2-7,9-10,12,15H2,1H3/t16-,18+,19-,20-,21+,22+,26+,27-/m1/s1. The van der Waals surface area contributed by atoms with E-state index in [2.05, 4.69) is 17.0 Å². The number of alkyl halides is 2. The molecule has 4 fully saturated rings. The van der Waals surface area contributed by atoms with Crippen LogP contribution in [0.15, 0.2) is 24.7 Å². The summed E-state index contributed by atoms with van der Waals surface area (Å²) in [7, 11) is 0. The van der Waals surface area contributed by atoms with Gasteiger partial charge in [-0.1, -0.05) is 6.92 Å². The summed E-state index contributed by atoms with van der Waals surface area (Å²) in [5.74, 6) is 2.71. The molecule has 5 nitrogen and oxygen atoms in total. The highest BCUT2D eigenvalue weighted by molar-refractivity contribution is 5.84. The fourth-order valence-electron chi connectivity index (χ4n) is 8.94. The molecule has 34 heavy (non-hydrogen) atoms. The van der Waals surface area contributed by atoms with Gasteiger partial charge in [0.05, 0.1) is 17.9 Å². The Labute approximate surface area is 199 Å². The molecule has 0 saturated heterocycles. The Kier molecular flexibility index (Phi) is 5.36. The maximum absolute atomic E-state index is 13.6. The smallest absolute Gasteiger partial charge is 0.266 e. The van der Waals surface area contributed by atoms with Gasteiger partial charge in [0.15, 0.2) is 5.78 Å². The monoisotopic (exact) mass is 471 g/mol. The van der Waals surface area contributed by atoms with Gasteiger partial charge in [-0.05, 0) is 98.9 Å². The molecule has 1 N–H and O–H groups in total. The number of halogens is 2. The van der Waals surface area contributed by atoms with Crippen molar-refractivity contribution in [2.24, 2.45) is 40.9 Å². The van der Waals surface area contributed by atoms with Crippen molar-refractivity contribution in [3.8, 4) is 0 Å². The fourth-order valence-corrected chi connectivity index (χ4v) is 8.94. The van der Waals surface area contributed by atoms with Gasteiger partial charge in [-0.3, -0.25) is 14.5 Å². The van der Waals surface area contributed by atoms with Crippen LogP contribution in [0.25, 0.3) is 10.9 Å². The molecule has 0 amide bonds. The van der Waals surface area contributed by atoms with Crippen molar-refractivity contribution in [3.63, 3.8) is 0 Å². The Hall–Kier alpha value is -1.89. The Balaban J connectivity index is 1.18. The number of hydrogen-bond acceptors (Lipinski definition) is 4. The first kappa shape index (κ1) is 22.6. The van der Waals surface area contributed by atoms with Crippen LogP contribution in [0.3, 0.4) is 0 Å². The predicted molar refractivity (Wildman–Crippen MR) is 124 cm³/mol. The number of ketones is 1. The van der Waals surface area contributed by atoms with Crippen LogP contribution in [0.1, 0.15) is 64.7 Å². The largest absolute Gasteiger partial charge is 0.384 e. The van der Waals surface area contributed by atoms with Gasteiger partial charge >= 0.3 is 0 Å². The van der Waals surface area contributed by atoms with E-state index in [1.54, 1.807) is 23.3 Å². The summed E-state index contributed by atoms with van der Waals surface area (Å²) in [5.41, 5.74) is -0.863. The number of carbonyl (C=O) groups is 1. The molecule has 6 rings (SSSR count). The summed E-state index contributed by atoms with van der Waals surface area (Å²) in [6.07, 6.45) is 10.0. The maximum Gasteiger partial charge on any atom is 0.266 e.